The Morgan fingerprint density at radius 3 is 0.763 bits per heavy atom. The van der Waals surface area contributed by atoms with Gasteiger partial charge >= 0.3 is 0 Å². The smallest absolute Gasteiger partial charge is 0.166 e. The van der Waals surface area contributed by atoms with Crippen LogP contribution in [0, 0.1) is 17.8 Å². The molecule has 0 aliphatic heterocycles. The second kappa shape index (κ2) is 20.1. The number of benzene rings is 7. The summed E-state index contributed by atoms with van der Waals surface area (Å²) in [6.07, 6.45) is 4.24. The molecule has 0 fully saturated rings. The zero-order chi connectivity index (χ0) is 40.8. The fourth-order valence-electron chi connectivity index (χ4n) is 7.98. The fraction of sp³-hybridized carbons (Fsp3) is 0.164. The summed E-state index contributed by atoms with van der Waals surface area (Å²) in [6, 6.07) is 62.7. The van der Waals surface area contributed by atoms with Gasteiger partial charge in [-0.2, -0.15) is 0 Å². The summed E-state index contributed by atoms with van der Waals surface area (Å²) >= 11 is 0. The highest BCUT2D eigenvalue weighted by Crippen LogP contribution is 2.25. The van der Waals surface area contributed by atoms with Gasteiger partial charge in [0.2, 0.25) is 0 Å². The zero-order valence-corrected chi connectivity index (χ0v) is 33.2. The van der Waals surface area contributed by atoms with Gasteiger partial charge in [-0.25, -0.2) is 0 Å². The van der Waals surface area contributed by atoms with Gasteiger partial charge in [-0.15, -0.1) is 0 Å². The van der Waals surface area contributed by atoms with E-state index in [4.69, 9.17) is 0 Å². The molecule has 7 aromatic rings. The Hall–Kier alpha value is -6.78. The number of hydrogen-bond acceptors (Lipinski definition) is 4. The second-order valence-corrected chi connectivity index (χ2v) is 15.5. The minimum atomic E-state index is -0.423. The largest absolute Gasteiger partial charge is 0.298 e. The van der Waals surface area contributed by atoms with Gasteiger partial charge in [-0.1, -0.05) is 194 Å². The van der Waals surface area contributed by atoms with Crippen molar-refractivity contribution in [2.45, 2.75) is 38.5 Å². The highest BCUT2D eigenvalue weighted by molar-refractivity contribution is 6.00. The Labute approximate surface area is 347 Å². The van der Waals surface area contributed by atoms with Crippen LogP contribution in [0.4, 0.5) is 0 Å². The van der Waals surface area contributed by atoms with Crippen LogP contribution in [0.5, 0.6) is 0 Å². The van der Waals surface area contributed by atoms with Crippen molar-refractivity contribution >= 4 is 23.6 Å². The third kappa shape index (κ3) is 11.2. The normalized spacial score (nSPS) is 11.2. The predicted octanol–water partition coefficient (Wildman–Crippen LogP) is 11.4. The van der Waals surface area contributed by atoms with E-state index in [9.17, 15) is 19.2 Å². The van der Waals surface area contributed by atoms with Gasteiger partial charge in [-0.3, -0.25) is 19.2 Å². The van der Waals surface area contributed by atoms with Gasteiger partial charge in [0.15, 0.2) is 17.3 Å². The maximum Gasteiger partial charge on any atom is 0.166 e. The van der Waals surface area contributed by atoms with Crippen molar-refractivity contribution < 1.29 is 19.2 Å². The molecule has 59 heavy (non-hydrogen) atoms. The second-order valence-electron chi connectivity index (χ2n) is 15.5. The van der Waals surface area contributed by atoms with Gasteiger partial charge in [0.05, 0.1) is 0 Å². The van der Waals surface area contributed by atoms with Crippen LogP contribution in [-0.2, 0) is 38.5 Å². The molecule has 0 unspecified atom stereocenters. The lowest BCUT2D eigenvalue weighted by Crippen LogP contribution is -2.22. The third-order valence-electron chi connectivity index (χ3n) is 11.2. The molecule has 7 rings (SSSR count). The molecule has 0 bridgehead atoms. The minimum Gasteiger partial charge on any atom is -0.298 e. The van der Waals surface area contributed by atoms with Crippen LogP contribution in [-0.4, -0.2) is 23.6 Å². The van der Waals surface area contributed by atoms with E-state index in [0.29, 0.717) is 60.8 Å². The van der Waals surface area contributed by atoms with Crippen molar-refractivity contribution in [2.75, 3.05) is 0 Å². The average Bonchev–Trinajstić information content (AvgIpc) is 3.29. The van der Waals surface area contributed by atoms with Crippen molar-refractivity contribution in [3.8, 4) is 0 Å². The highest BCUT2D eigenvalue weighted by Gasteiger charge is 2.25. The van der Waals surface area contributed by atoms with Crippen LogP contribution < -0.4 is 0 Å². The summed E-state index contributed by atoms with van der Waals surface area (Å²) in [7, 11) is 0. The maximum atomic E-state index is 14.2. The number of Topliss-reactive ketones (excluding diaryl/α,β-unsaturated/α-hetero) is 3. The molecule has 0 atom stereocenters. The summed E-state index contributed by atoms with van der Waals surface area (Å²) < 4.78 is 0. The Bertz CT molecular complexity index is 2200. The molecule has 0 saturated heterocycles. The molecular weight excluding hydrogens is 725 g/mol. The van der Waals surface area contributed by atoms with Crippen molar-refractivity contribution in [3.05, 3.63) is 250 Å². The van der Waals surface area contributed by atoms with Gasteiger partial charge < -0.3 is 0 Å². The third-order valence-corrected chi connectivity index (χ3v) is 11.2. The average molecular weight is 773 g/mol. The van der Waals surface area contributed by atoms with E-state index in [2.05, 4.69) is 48.5 Å². The number of carbonyl (C=O) groups excluding carboxylic acids is 4. The molecule has 292 valence electrons. The van der Waals surface area contributed by atoms with Crippen LogP contribution in [0.2, 0.25) is 0 Å². The van der Waals surface area contributed by atoms with E-state index < -0.39 is 5.92 Å². The molecule has 0 amide bonds. The van der Waals surface area contributed by atoms with Crippen molar-refractivity contribution in [2.24, 2.45) is 17.8 Å². The van der Waals surface area contributed by atoms with Crippen LogP contribution in [0.1, 0.15) is 74.8 Å². The molecule has 0 aromatic heterocycles. The van der Waals surface area contributed by atoms with Crippen LogP contribution in [0.3, 0.4) is 0 Å². The molecule has 0 N–H and O–H groups in total. The highest BCUT2D eigenvalue weighted by atomic mass is 16.1. The SMILES string of the molecule is O=Cc1ccc(C(=O)C(Cc2ccc(C(=O)C(Cc3ccccc3)Cc3ccccc3)cc2)Cc2ccc(C(=O)C(Cc3ccccc3)Cc3ccccc3)cc2)cc1. The first-order valence-corrected chi connectivity index (χ1v) is 20.4. The number of ketones is 3. The Kier molecular flexibility index (Phi) is 13.8. The van der Waals surface area contributed by atoms with E-state index in [0.717, 1.165) is 39.7 Å². The van der Waals surface area contributed by atoms with E-state index >= 15 is 0 Å². The first-order chi connectivity index (χ1) is 28.9. The molecule has 0 radical (unpaired) electrons. The van der Waals surface area contributed by atoms with Crippen LogP contribution in [0.15, 0.2) is 194 Å². The molecule has 0 aliphatic carbocycles. The minimum absolute atomic E-state index is 0.0284. The summed E-state index contributed by atoms with van der Waals surface area (Å²) in [5.41, 5.74) is 8.73. The van der Waals surface area contributed by atoms with Crippen LogP contribution in [0.25, 0.3) is 0 Å². The van der Waals surface area contributed by atoms with Gasteiger partial charge in [-0.05, 0) is 71.9 Å². The summed E-state index contributed by atoms with van der Waals surface area (Å²) in [4.78, 5) is 53.7. The lowest BCUT2D eigenvalue weighted by molar-refractivity contribution is 0.0909. The molecule has 4 nitrogen and oxygen atoms in total. The molecule has 0 aliphatic rings. The van der Waals surface area contributed by atoms with E-state index in [-0.39, 0.29) is 29.2 Å². The van der Waals surface area contributed by atoms with E-state index in [1.54, 1.807) is 24.3 Å². The summed E-state index contributed by atoms with van der Waals surface area (Å²) in [5.74, 6) is -0.715. The number of hydrogen-bond donors (Lipinski definition) is 0. The first kappa shape index (κ1) is 40.4. The lowest BCUT2D eigenvalue weighted by atomic mass is 9.83. The van der Waals surface area contributed by atoms with Crippen molar-refractivity contribution in [1.82, 2.24) is 0 Å². The zero-order valence-electron chi connectivity index (χ0n) is 33.2. The van der Waals surface area contributed by atoms with E-state index in [1.807, 2.05) is 121 Å². The number of carbonyl (C=O) groups is 4. The summed E-state index contributed by atoms with van der Waals surface area (Å²) in [5, 5.41) is 0. The standard InChI is InChI=1S/C55H48O4/c56-39-46-25-31-49(32-26-46)55(59)52(37-44-21-27-47(28-22-44)53(57)50(33-40-13-5-1-6-14-40)34-41-15-7-2-8-16-41)38-45-23-29-48(30-24-45)54(58)51(35-42-17-9-3-10-18-42)36-43-19-11-4-12-20-43/h1-32,39,50-52H,33-38H2. The Morgan fingerprint density at radius 1 is 0.305 bits per heavy atom. The fourth-order valence-corrected chi connectivity index (χ4v) is 7.98. The topological polar surface area (TPSA) is 68.3 Å². The molecule has 4 heteroatoms. The molecule has 0 heterocycles. The predicted molar refractivity (Wildman–Crippen MR) is 236 cm³/mol. The maximum absolute atomic E-state index is 14.2. The Balaban J connectivity index is 1.10. The lowest BCUT2D eigenvalue weighted by Gasteiger charge is -2.19. The molecule has 0 saturated carbocycles. The number of aldehydes is 1. The summed E-state index contributed by atoms with van der Waals surface area (Å²) in [6.45, 7) is 0. The number of rotatable bonds is 19. The monoisotopic (exact) mass is 772 g/mol. The van der Waals surface area contributed by atoms with Gasteiger partial charge in [0.25, 0.3) is 0 Å². The van der Waals surface area contributed by atoms with Gasteiger partial charge in [0.1, 0.15) is 6.29 Å². The van der Waals surface area contributed by atoms with E-state index in [1.165, 1.54) is 0 Å². The van der Waals surface area contributed by atoms with Crippen molar-refractivity contribution in [1.29, 1.82) is 0 Å². The molecule has 7 aromatic carbocycles. The Morgan fingerprint density at radius 2 is 0.525 bits per heavy atom. The van der Waals surface area contributed by atoms with Crippen molar-refractivity contribution in [3.63, 3.8) is 0 Å². The molecular formula is C55H48O4. The molecule has 0 spiro atoms. The first-order valence-electron chi connectivity index (χ1n) is 20.4. The van der Waals surface area contributed by atoms with Crippen LogP contribution >= 0.6 is 0 Å². The van der Waals surface area contributed by atoms with Gasteiger partial charge in [0, 0.05) is 40.0 Å². The quantitative estimate of drug-likeness (QED) is 0.0606.